The Bertz CT molecular complexity index is 92.5. The van der Waals surface area contributed by atoms with Gasteiger partial charge >= 0.3 is 92.4 Å². The molecular formula is C12H27Sn+. The quantitative estimate of drug-likeness (QED) is 0.634. The summed E-state index contributed by atoms with van der Waals surface area (Å²) in [5, 5.41) is 0. The van der Waals surface area contributed by atoms with Crippen LogP contribution in [0.25, 0.3) is 0 Å². The number of hydrogen-bond acceptors (Lipinski definition) is 0. The predicted molar refractivity (Wildman–Crippen MR) is 64.7 cm³/mol. The second-order valence-corrected chi connectivity index (χ2v) is 13.3. The van der Waals surface area contributed by atoms with Gasteiger partial charge in [0.1, 0.15) is 0 Å². The first-order valence-electron chi connectivity index (χ1n) is 5.75. The SMILES string of the molecule is CC(C)[CH2][Sn+]([CH2]C(C)C)[CH2]C(C)C. The van der Waals surface area contributed by atoms with Crippen molar-refractivity contribution in [3.05, 3.63) is 0 Å². The second-order valence-electron chi connectivity index (χ2n) is 5.54. The fraction of sp³-hybridized carbons (Fsp3) is 1.00. The van der Waals surface area contributed by atoms with E-state index in [1.165, 1.54) is 0 Å². The Morgan fingerprint density at radius 2 is 0.846 bits per heavy atom. The van der Waals surface area contributed by atoms with Crippen molar-refractivity contribution in [2.45, 2.75) is 54.9 Å². The summed E-state index contributed by atoms with van der Waals surface area (Å²) in [6.07, 6.45) is 0. The Kier molecular flexibility index (Phi) is 7.58. The molecule has 0 nitrogen and oxygen atoms in total. The van der Waals surface area contributed by atoms with E-state index in [2.05, 4.69) is 41.5 Å². The van der Waals surface area contributed by atoms with E-state index in [9.17, 15) is 0 Å². The first-order valence-corrected chi connectivity index (χ1v) is 11.8. The first-order chi connectivity index (χ1) is 5.91. The van der Waals surface area contributed by atoms with Gasteiger partial charge in [0.25, 0.3) is 0 Å². The van der Waals surface area contributed by atoms with Crippen LogP contribution in [-0.4, -0.2) is 19.8 Å². The molecule has 0 aliphatic carbocycles. The van der Waals surface area contributed by atoms with Gasteiger partial charge in [-0.2, -0.15) is 0 Å². The van der Waals surface area contributed by atoms with Gasteiger partial charge in [0.15, 0.2) is 0 Å². The van der Waals surface area contributed by atoms with Crippen LogP contribution in [0.15, 0.2) is 0 Å². The minimum absolute atomic E-state index is 0.951. The molecule has 0 rings (SSSR count). The van der Waals surface area contributed by atoms with Crippen LogP contribution >= 0.6 is 0 Å². The summed E-state index contributed by atoms with van der Waals surface area (Å²) in [6, 6.07) is 0. The van der Waals surface area contributed by atoms with Crippen LogP contribution < -0.4 is 0 Å². The van der Waals surface area contributed by atoms with Crippen molar-refractivity contribution in [3.8, 4) is 0 Å². The average Bonchev–Trinajstić information content (AvgIpc) is 1.80. The summed E-state index contributed by atoms with van der Waals surface area (Å²) in [7, 11) is 0. The van der Waals surface area contributed by atoms with E-state index in [0.29, 0.717) is 0 Å². The monoisotopic (exact) mass is 291 g/mol. The summed E-state index contributed by atoms with van der Waals surface area (Å²) in [4.78, 5) is 0. The van der Waals surface area contributed by atoms with Crippen molar-refractivity contribution in [2.24, 2.45) is 17.8 Å². The maximum absolute atomic E-state index is 2.39. The van der Waals surface area contributed by atoms with Gasteiger partial charge in [-0.3, -0.25) is 0 Å². The van der Waals surface area contributed by atoms with Crippen molar-refractivity contribution in [1.29, 1.82) is 0 Å². The van der Waals surface area contributed by atoms with E-state index in [1.54, 1.807) is 13.3 Å². The third-order valence-corrected chi connectivity index (χ3v) is 14.0. The summed E-state index contributed by atoms with van der Waals surface area (Å²) >= 11 is -0.976. The normalized spacial score (nSPS) is 11.8. The van der Waals surface area contributed by atoms with Crippen molar-refractivity contribution in [2.75, 3.05) is 0 Å². The van der Waals surface area contributed by atoms with Gasteiger partial charge in [-0.1, -0.05) is 0 Å². The summed E-state index contributed by atoms with van der Waals surface area (Å²) in [6.45, 7) is 14.3. The zero-order valence-electron chi connectivity index (χ0n) is 10.4. The van der Waals surface area contributed by atoms with Crippen LogP contribution in [0.2, 0.25) is 13.3 Å². The van der Waals surface area contributed by atoms with Gasteiger partial charge in [0.05, 0.1) is 0 Å². The zero-order valence-corrected chi connectivity index (χ0v) is 13.2. The van der Waals surface area contributed by atoms with Gasteiger partial charge < -0.3 is 0 Å². The van der Waals surface area contributed by atoms with Crippen LogP contribution in [0, 0.1) is 17.8 Å². The minimum atomic E-state index is -0.976. The number of rotatable bonds is 6. The first kappa shape index (κ1) is 13.8. The average molecular weight is 290 g/mol. The van der Waals surface area contributed by atoms with E-state index in [0.717, 1.165) is 17.8 Å². The van der Waals surface area contributed by atoms with Gasteiger partial charge in [0, 0.05) is 0 Å². The van der Waals surface area contributed by atoms with Crippen LogP contribution in [0.1, 0.15) is 41.5 Å². The molecule has 0 aliphatic rings. The molecule has 0 bridgehead atoms. The molecule has 78 valence electrons. The molecule has 1 heteroatoms. The molecule has 0 saturated heterocycles. The van der Waals surface area contributed by atoms with E-state index in [4.69, 9.17) is 0 Å². The van der Waals surface area contributed by atoms with Crippen molar-refractivity contribution in [3.63, 3.8) is 0 Å². The molecule has 0 fully saturated rings. The fourth-order valence-corrected chi connectivity index (χ4v) is 13.3. The second kappa shape index (κ2) is 7.14. The molecule has 0 aromatic rings. The predicted octanol–water partition coefficient (Wildman–Crippen LogP) is 4.45. The molecule has 0 heterocycles. The topological polar surface area (TPSA) is 0 Å². The third-order valence-electron chi connectivity index (χ3n) is 2.09. The number of hydrogen-bond donors (Lipinski definition) is 0. The molecule has 0 aromatic carbocycles. The molecule has 0 radical (unpaired) electrons. The van der Waals surface area contributed by atoms with Gasteiger partial charge in [-0.15, -0.1) is 0 Å². The molecule has 0 unspecified atom stereocenters. The summed E-state index contributed by atoms with van der Waals surface area (Å²) < 4.78 is 4.83. The molecular weight excluding hydrogens is 263 g/mol. The van der Waals surface area contributed by atoms with Crippen LogP contribution in [0.4, 0.5) is 0 Å². The fourth-order valence-electron chi connectivity index (χ4n) is 1.98. The molecule has 0 saturated carbocycles. The molecule has 0 aliphatic heterocycles. The summed E-state index contributed by atoms with van der Waals surface area (Å²) in [5.41, 5.74) is 0. The van der Waals surface area contributed by atoms with Crippen molar-refractivity contribution >= 4 is 19.8 Å². The Balaban J connectivity index is 3.87. The molecule has 0 amide bonds. The van der Waals surface area contributed by atoms with Crippen molar-refractivity contribution < 1.29 is 0 Å². The molecule has 13 heavy (non-hydrogen) atoms. The van der Waals surface area contributed by atoms with Crippen LogP contribution in [-0.2, 0) is 0 Å². The Hall–Kier alpha value is 0.799. The Morgan fingerprint density at radius 1 is 0.615 bits per heavy atom. The molecule has 0 atom stereocenters. The molecule has 0 N–H and O–H groups in total. The van der Waals surface area contributed by atoms with E-state index in [-0.39, 0.29) is 0 Å². The van der Waals surface area contributed by atoms with E-state index >= 15 is 0 Å². The van der Waals surface area contributed by atoms with Crippen LogP contribution in [0.5, 0.6) is 0 Å². The Labute approximate surface area is 92.2 Å². The van der Waals surface area contributed by atoms with Crippen molar-refractivity contribution in [1.82, 2.24) is 0 Å². The van der Waals surface area contributed by atoms with Gasteiger partial charge in [0.2, 0.25) is 0 Å². The van der Waals surface area contributed by atoms with Crippen LogP contribution in [0.3, 0.4) is 0 Å². The van der Waals surface area contributed by atoms with Gasteiger partial charge in [-0.25, -0.2) is 0 Å². The summed E-state index contributed by atoms with van der Waals surface area (Å²) in [5.74, 6) is 2.85. The van der Waals surface area contributed by atoms with E-state index in [1.807, 2.05) is 0 Å². The van der Waals surface area contributed by atoms with E-state index < -0.39 is 19.8 Å². The Morgan fingerprint density at radius 3 is 1.00 bits per heavy atom. The molecule has 0 spiro atoms. The standard InChI is InChI=1S/3C4H9.Sn/c3*1-4(2)3;/h3*4H,1H2,2-3H3;/q;;;+1. The third kappa shape index (κ3) is 9.11. The maximum atomic E-state index is 2.39. The molecule has 0 aromatic heterocycles. The zero-order chi connectivity index (χ0) is 10.4. The van der Waals surface area contributed by atoms with Gasteiger partial charge in [-0.05, 0) is 0 Å².